The minimum atomic E-state index is -0.319. The molecule has 4 unspecified atom stereocenters. The second-order valence-electron chi connectivity index (χ2n) is 7.96. The Morgan fingerprint density at radius 1 is 1.33 bits per heavy atom. The molecule has 2 saturated carbocycles. The van der Waals surface area contributed by atoms with Crippen LogP contribution in [0.1, 0.15) is 45.2 Å². The number of nitrogens with one attached hydrogen (secondary N) is 1. The van der Waals surface area contributed by atoms with Gasteiger partial charge in [0.1, 0.15) is 5.82 Å². The molecule has 1 amide bonds. The number of aromatic nitrogens is 1. The summed E-state index contributed by atoms with van der Waals surface area (Å²) >= 11 is 1.44. The lowest BCUT2D eigenvalue weighted by Crippen LogP contribution is -2.36. The molecule has 0 radical (unpaired) electrons. The lowest BCUT2D eigenvalue weighted by Gasteiger charge is -2.28. The number of fused-ring (bicyclic) bond motifs is 2. The Bertz CT molecular complexity index is 806. The van der Waals surface area contributed by atoms with Crippen molar-refractivity contribution in [2.75, 3.05) is 4.90 Å². The van der Waals surface area contributed by atoms with Crippen molar-refractivity contribution in [2.24, 2.45) is 17.8 Å². The molecule has 4 rings (SSSR count). The molecule has 4 nitrogen and oxygen atoms in total. The van der Waals surface area contributed by atoms with Crippen LogP contribution in [-0.4, -0.2) is 16.9 Å². The summed E-state index contributed by atoms with van der Waals surface area (Å²) in [7, 11) is 0. The normalized spacial score (nSPS) is 24.9. The second kappa shape index (κ2) is 7.68. The van der Waals surface area contributed by atoms with E-state index in [1.54, 1.807) is 12.1 Å². The third-order valence-corrected chi connectivity index (χ3v) is 7.05. The van der Waals surface area contributed by atoms with Crippen LogP contribution in [0.25, 0.3) is 0 Å². The molecule has 0 saturated heterocycles. The first-order chi connectivity index (χ1) is 13.0. The predicted molar refractivity (Wildman–Crippen MR) is 107 cm³/mol. The summed E-state index contributed by atoms with van der Waals surface area (Å²) in [6.45, 7) is 4.50. The monoisotopic (exact) mass is 387 g/mol. The zero-order chi connectivity index (χ0) is 19.0. The van der Waals surface area contributed by atoms with E-state index in [0.717, 1.165) is 23.4 Å². The highest BCUT2D eigenvalue weighted by Gasteiger charge is 2.41. The van der Waals surface area contributed by atoms with Gasteiger partial charge < -0.3 is 5.32 Å². The van der Waals surface area contributed by atoms with Gasteiger partial charge in [-0.1, -0.05) is 6.42 Å². The van der Waals surface area contributed by atoms with Gasteiger partial charge in [0, 0.05) is 24.9 Å². The van der Waals surface area contributed by atoms with E-state index in [4.69, 9.17) is 0 Å². The van der Waals surface area contributed by atoms with Crippen LogP contribution < -0.4 is 10.2 Å². The van der Waals surface area contributed by atoms with Crippen LogP contribution in [0.4, 0.5) is 15.2 Å². The molecule has 2 aromatic rings. The van der Waals surface area contributed by atoms with Crippen molar-refractivity contribution in [2.45, 2.75) is 52.1 Å². The second-order valence-corrected chi connectivity index (χ2v) is 8.80. The van der Waals surface area contributed by atoms with E-state index >= 15 is 0 Å². The molecular formula is C21H26FN3OS. The molecule has 2 fully saturated rings. The van der Waals surface area contributed by atoms with Crippen LogP contribution in [-0.2, 0) is 11.3 Å². The zero-order valence-corrected chi connectivity index (χ0v) is 16.6. The zero-order valence-electron chi connectivity index (χ0n) is 15.8. The Morgan fingerprint density at radius 2 is 2.11 bits per heavy atom. The first-order valence-corrected chi connectivity index (χ1v) is 10.6. The SMILES string of the molecule is CC(=O)N(c1ccc(F)cc1)c1nc(CNC(C)C2CC3CCC2C3)cs1. The van der Waals surface area contributed by atoms with Crippen molar-refractivity contribution >= 4 is 28.1 Å². The average Bonchev–Trinajstić information content (AvgIpc) is 3.38. The van der Waals surface area contributed by atoms with Gasteiger partial charge in [0.2, 0.25) is 5.91 Å². The van der Waals surface area contributed by atoms with Crippen molar-refractivity contribution in [3.8, 4) is 0 Å². The van der Waals surface area contributed by atoms with Gasteiger partial charge in [-0.3, -0.25) is 9.69 Å². The van der Waals surface area contributed by atoms with Crippen LogP contribution >= 0.6 is 11.3 Å². The topological polar surface area (TPSA) is 45.2 Å². The molecule has 27 heavy (non-hydrogen) atoms. The Kier molecular flexibility index (Phi) is 5.28. The van der Waals surface area contributed by atoms with Gasteiger partial charge in [-0.2, -0.15) is 0 Å². The van der Waals surface area contributed by atoms with Crippen molar-refractivity contribution in [3.63, 3.8) is 0 Å². The maximum Gasteiger partial charge on any atom is 0.230 e. The quantitative estimate of drug-likeness (QED) is 0.768. The van der Waals surface area contributed by atoms with Gasteiger partial charge >= 0.3 is 0 Å². The minimum absolute atomic E-state index is 0.134. The molecule has 1 N–H and O–H groups in total. The molecule has 0 spiro atoms. The summed E-state index contributed by atoms with van der Waals surface area (Å²) in [5.41, 5.74) is 1.58. The summed E-state index contributed by atoms with van der Waals surface area (Å²) in [5.74, 6) is 2.19. The molecule has 2 aliphatic carbocycles. The molecule has 2 bridgehead atoms. The smallest absolute Gasteiger partial charge is 0.230 e. The van der Waals surface area contributed by atoms with Crippen molar-refractivity contribution in [1.29, 1.82) is 0 Å². The van der Waals surface area contributed by atoms with Crippen LogP contribution in [0.3, 0.4) is 0 Å². The predicted octanol–water partition coefficient (Wildman–Crippen LogP) is 4.88. The van der Waals surface area contributed by atoms with E-state index < -0.39 is 0 Å². The number of hydrogen-bond acceptors (Lipinski definition) is 4. The average molecular weight is 388 g/mol. The number of nitrogens with zero attached hydrogens (tertiary/aromatic N) is 2. The number of thiazole rings is 1. The molecule has 4 atom stereocenters. The summed E-state index contributed by atoms with van der Waals surface area (Å²) in [4.78, 5) is 18.3. The Morgan fingerprint density at radius 3 is 2.74 bits per heavy atom. The molecule has 2 aliphatic rings. The number of carbonyl (C=O) groups excluding carboxylic acids is 1. The van der Waals surface area contributed by atoms with Gasteiger partial charge in [0.05, 0.1) is 11.4 Å². The summed E-state index contributed by atoms with van der Waals surface area (Å²) in [6.07, 6.45) is 5.60. The fourth-order valence-electron chi connectivity index (χ4n) is 4.82. The fourth-order valence-corrected chi connectivity index (χ4v) is 5.71. The van der Waals surface area contributed by atoms with Gasteiger partial charge in [-0.15, -0.1) is 11.3 Å². The molecule has 6 heteroatoms. The molecule has 144 valence electrons. The Labute approximate surface area is 163 Å². The summed E-state index contributed by atoms with van der Waals surface area (Å²) in [6, 6.07) is 6.42. The Balaban J connectivity index is 1.41. The lowest BCUT2D eigenvalue weighted by atomic mass is 9.84. The number of anilines is 2. The molecule has 1 aromatic carbocycles. The van der Waals surface area contributed by atoms with E-state index in [1.165, 1.54) is 61.0 Å². The first kappa shape index (κ1) is 18.6. The van der Waals surface area contributed by atoms with E-state index in [1.807, 2.05) is 5.38 Å². The number of halogens is 1. The highest BCUT2D eigenvalue weighted by molar-refractivity contribution is 7.14. The lowest BCUT2D eigenvalue weighted by molar-refractivity contribution is -0.115. The molecule has 1 heterocycles. The van der Waals surface area contributed by atoms with Crippen LogP contribution in [0.5, 0.6) is 0 Å². The van der Waals surface area contributed by atoms with Crippen LogP contribution in [0, 0.1) is 23.6 Å². The third kappa shape index (κ3) is 3.92. The molecule has 1 aromatic heterocycles. The number of amides is 1. The number of benzene rings is 1. The van der Waals surface area contributed by atoms with Crippen molar-refractivity contribution in [1.82, 2.24) is 10.3 Å². The standard InChI is InChI=1S/C21H26FN3OS/c1-13(20-10-15-3-4-16(20)9-15)23-11-18-12-27-21(24-18)25(14(2)26)19-7-5-17(22)6-8-19/h5-8,12-13,15-16,20,23H,3-4,9-11H2,1-2H3. The largest absolute Gasteiger partial charge is 0.308 e. The minimum Gasteiger partial charge on any atom is -0.308 e. The highest BCUT2D eigenvalue weighted by atomic mass is 32.1. The number of rotatable bonds is 6. The van der Waals surface area contributed by atoms with E-state index in [9.17, 15) is 9.18 Å². The fraction of sp³-hybridized carbons (Fsp3) is 0.524. The summed E-state index contributed by atoms with van der Waals surface area (Å²) in [5, 5.41) is 6.26. The van der Waals surface area contributed by atoms with Crippen molar-refractivity contribution in [3.05, 3.63) is 41.2 Å². The van der Waals surface area contributed by atoms with Crippen LogP contribution in [0.15, 0.2) is 29.6 Å². The summed E-state index contributed by atoms with van der Waals surface area (Å²) < 4.78 is 13.2. The van der Waals surface area contributed by atoms with E-state index in [0.29, 0.717) is 23.4 Å². The van der Waals surface area contributed by atoms with Gasteiger partial charge in [-0.05, 0) is 68.2 Å². The highest BCUT2D eigenvalue weighted by Crippen LogP contribution is 2.49. The van der Waals surface area contributed by atoms with Gasteiger partial charge in [-0.25, -0.2) is 9.37 Å². The first-order valence-electron chi connectivity index (χ1n) is 9.75. The van der Waals surface area contributed by atoms with Crippen molar-refractivity contribution < 1.29 is 9.18 Å². The van der Waals surface area contributed by atoms with E-state index in [-0.39, 0.29) is 11.7 Å². The number of carbonyl (C=O) groups is 1. The number of hydrogen-bond donors (Lipinski definition) is 1. The molecular weight excluding hydrogens is 361 g/mol. The van der Waals surface area contributed by atoms with E-state index in [2.05, 4.69) is 17.2 Å². The third-order valence-electron chi connectivity index (χ3n) is 6.17. The van der Waals surface area contributed by atoms with Crippen LogP contribution in [0.2, 0.25) is 0 Å². The maximum absolute atomic E-state index is 13.2. The van der Waals surface area contributed by atoms with Gasteiger partial charge in [0.15, 0.2) is 5.13 Å². The van der Waals surface area contributed by atoms with Gasteiger partial charge in [0.25, 0.3) is 0 Å². The maximum atomic E-state index is 13.2. The Hall–Kier alpha value is -1.79. The molecule has 0 aliphatic heterocycles.